The number of halogens is 3. The van der Waals surface area contributed by atoms with Gasteiger partial charge in [-0.15, -0.1) is 13.2 Å². The third kappa shape index (κ3) is 2.89. The first-order valence-electron chi connectivity index (χ1n) is 8.64. The first-order valence-corrected chi connectivity index (χ1v) is 8.64. The SMILES string of the molecule is Oc1ccc(-c2nc3ccccc3c3cc[nH]c4ncc2c43)cc1OC(F)(F)F. The van der Waals surface area contributed by atoms with Gasteiger partial charge in [0.1, 0.15) is 5.65 Å². The molecule has 5 rings (SSSR count). The van der Waals surface area contributed by atoms with Crippen LogP contribution in [0.25, 0.3) is 44.0 Å². The predicted molar refractivity (Wildman–Crippen MR) is 103 cm³/mol. The standard InChI is InChI=1S/C21H12F3N3O2/c22-21(23,24)29-17-9-11(5-6-16(17)28)19-14-10-26-20-18(14)13(7-8-25-20)12-3-1-2-4-15(12)27-19/h1-10,28H,(H,25,26). The smallest absolute Gasteiger partial charge is 0.504 e. The maximum atomic E-state index is 12.7. The molecule has 5 nitrogen and oxygen atoms in total. The highest BCUT2D eigenvalue weighted by molar-refractivity contribution is 6.19. The second-order valence-corrected chi connectivity index (χ2v) is 6.49. The van der Waals surface area contributed by atoms with Crippen LogP contribution in [0.5, 0.6) is 11.5 Å². The number of phenolic OH excluding ortho intramolecular Hbond substituents is 1. The number of rotatable bonds is 2. The van der Waals surface area contributed by atoms with E-state index in [0.717, 1.165) is 28.3 Å². The van der Waals surface area contributed by atoms with Crippen molar-refractivity contribution in [2.24, 2.45) is 0 Å². The summed E-state index contributed by atoms with van der Waals surface area (Å²) >= 11 is 0. The molecule has 2 N–H and O–H groups in total. The van der Waals surface area contributed by atoms with Gasteiger partial charge >= 0.3 is 6.36 Å². The number of hydrogen-bond donors (Lipinski definition) is 2. The Labute approximate surface area is 161 Å². The molecule has 0 amide bonds. The number of pyridine rings is 1. The van der Waals surface area contributed by atoms with Crippen molar-refractivity contribution in [1.29, 1.82) is 0 Å². The van der Waals surface area contributed by atoms with Crippen LogP contribution < -0.4 is 4.74 Å². The van der Waals surface area contributed by atoms with E-state index in [9.17, 15) is 18.3 Å². The van der Waals surface area contributed by atoms with Gasteiger partial charge in [0, 0.05) is 34.1 Å². The van der Waals surface area contributed by atoms with Gasteiger partial charge in [0.15, 0.2) is 11.5 Å². The molecule has 0 saturated heterocycles. The molecule has 0 aliphatic heterocycles. The number of benzene rings is 2. The Morgan fingerprint density at radius 2 is 1.79 bits per heavy atom. The summed E-state index contributed by atoms with van der Waals surface area (Å²) in [5, 5.41) is 13.1. The molecule has 2 aromatic carbocycles. The molecule has 144 valence electrons. The lowest BCUT2D eigenvalue weighted by atomic mass is 10.1. The molecule has 0 aliphatic carbocycles. The number of aromatic nitrogens is 3. The van der Waals surface area contributed by atoms with E-state index in [2.05, 4.69) is 14.7 Å². The number of aromatic amines is 1. The largest absolute Gasteiger partial charge is 0.573 e. The summed E-state index contributed by atoms with van der Waals surface area (Å²) in [5.74, 6) is -1.30. The van der Waals surface area contributed by atoms with Crippen LogP contribution in [0, 0.1) is 0 Å². The molecular weight excluding hydrogens is 383 g/mol. The fraction of sp³-hybridized carbons (Fsp3) is 0.0476. The average molecular weight is 395 g/mol. The third-order valence-corrected chi connectivity index (χ3v) is 4.71. The number of H-pyrrole nitrogens is 1. The Kier molecular flexibility index (Phi) is 3.64. The van der Waals surface area contributed by atoms with Crippen LogP contribution in [0.15, 0.2) is 60.9 Å². The van der Waals surface area contributed by atoms with Gasteiger partial charge in [-0.05, 0) is 35.7 Å². The van der Waals surface area contributed by atoms with Crippen LogP contribution in [0.2, 0.25) is 0 Å². The summed E-state index contributed by atoms with van der Waals surface area (Å²) in [4.78, 5) is 12.2. The molecule has 0 spiro atoms. The fourth-order valence-corrected chi connectivity index (χ4v) is 3.53. The molecule has 29 heavy (non-hydrogen) atoms. The van der Waals surface area contributed by atoms with Crippen molar-refractivity contribution >= 4 is 32.7 Å². The number of alkyl halides is 3. The molecule has 3 heterocycles. The minimum atomic E-state index is -4.93. The second-order valence-electron chi connectivity index (χ2n) is 6.49. The van der Waals surface area contributed by atoms with Crippen LogP contribution in [0.4, 0.5) is 13.2 Å². The van der Waals surface area contributed by atoms with Crippen molar-refractivity contribution in [3.63, 3.8) is 0 Å². The van der Waals surface area contributed by atoms with Crippen LogP contribution in [0.1, 0.15) is 0 Å². The van der Waals surface area contributed by atoms with Gasteiger partial charge in [-0.2, -0.15) is 0 Å². The van der Waals surface area contributed by atoms with Crippen LogP contribution in [0.3, 0.4) is 0 Å². The number of nitrogens with one attached hydrogen (secondary N) is 1. The van der Waals surface area contributed by atoms with E-state index in [0.29, 0.717) is 27.8 Å². The predicted octanol–water partition coefficient (Wildman–Crippen LogP) is 5.54. The van der Waals surface area contributed by atoms with Gasteiger partial charge in [-0.1, -0.05) is 18.2 Å². The van der Waals surface area contributed by atoms with E-state index in [4.69, 9.17) is 4.98 Å². The van der Waals surface area contributed by atoms with Crippen LogP contribution >= 0.6 is 0 Å². The van der Waals surface area contributed by atoms with Crippen molar-refractivity contribution in [3.05, 3.63) is 60.9 Å². The zero-order valence-corrected chi connectivity index (χ0v) is 14.7. The second kappa shape index (κ2) is 6.10. The summed E-state index contributed by atoms with van der Waals surface area (Å²) in [5.41, 5.74) is 2.12. The van der Waals surface area contributed by atoms with Crippen molar-refractivity contribution in [1.82, 2.24) is 15.0 Å². The Morgan fingerprint density at radius 3 is 2.62 bits per heavy atom. The Balaban J connectivity index is 1.87. The molecule has 5 aromatic rings. The number of hydrogen-bond acceptors (Lipinski definition) is 4. The zero-order valence-electron chi connectivity index (χ0n) is 14.7. The maximum Gasteiger partial charge on any atom is 0.573 e. The van der Waals surface area contributed by atoms with E-state index < -0.39 is 17.9 Å². The molecule has 8 heteroatoms. The lowest BCUT2D eigenvalue weighted by molar-refractivity contribution is -0.275. The monoisotopic (exact) mass is 395 g/mol. The van der Waals surface area contributed by atoms with Crippen molar-refractivity contribution in [2.75, 3.05) is 0 Å². The van der Waals surface area contributed by atoms with Gasteiger partial charge in [0.25, 0.3) is 0 Å². The van der Waals surface area contributed by atoms with Crippen LogP contribution in [-0.4, -0.2) is 26.4 Å². The fourth-order valence-electron chi connectivity index (χ4n) is 3.53. The summed E-state index contributed by atoms with van der Waals surface area (Å²) in [6.45, 7) is 0. The lowest BCUT2D eigenvalue weighted by Gasteiger charge is -2.11. The van der Waals surface area contributed by atoms with E-state index in [1.165, 1.54) is 6.07 Å². The molecule has 0 aliphatic rings. The number of nitrogens with zero attached hydrogens (tertiary/aromatic N) is 2. The minimum Gasteiger partial charge on any atom is -0.504 e. The summed E-state index contributed by atoms with van der Waals surface area (Å²) in [7, 11) is 0. The van der Waals surface area contributed by atoms with E-state index in [1.807, 2.05) is 30.3 Å². The number of phenols is 1. The molecule has 0 radical (unpaired) electrons. The lowest BCUT2D eigenvalue weighted by Crippen LogP contribution is -2.17. The molecule has 3 aromatic heterocycles. The van der Waals surface area contributed by atoms with E-state index in [1.54, 1.807) is 12.4 Å². The maximum absolute atomic E-state index is 12.7. The first kappa shape index (κ1) is 17.3. The Morgan fingerprint density at radius 1 is 0.966 bits per heavy atom. The summed E-state index contributed by atoms with van der Waals surface area (Å²) < 4.78 is 42.1. The summed E-state index contributed by atoms with van der Waals surface area (Å²) in [6.07, 6.45) is -1.51. The number of ether oxygens (including phenoxy) is 1. The van der Waals surface area contributed by atoms with Crippen molar-refractivity contribution in [3.8, 4) is 22.8 Å². The normalized spacial score (nSPS) is 12.1. The van der Waals surface area contributed by atoms with E-state index in [-0.39, 0.29) is 0 Å². The highest BCUT2D eigenvalue weighted by atomic mass is 19.4. The van der Waals surface area contributed by atoms with Gasteiger partial charge in [0.05, 0.1) is 11.2 Å². The molecule has 0 bridgehead atoms. The van der Waals surface area contributed by atoms with Gasteiger partial charge < -0.3 is 14.8 Å². The minimum absolute atomic E-state index is 0.364. The highest BCUT2D eigenvalue weighted by Gasteiger charge is 2.32. The molecule has 0 saturated carbocycles. The first-order chi connectivity index (χ1) is 13.9. The third-order valence-electron chi connectivity index (χ3n) is 4.71. The van der Waals surface area contributed by atoms with Crippen LogP contribution in [-0.2, 0) is 0 Å². The average Bonchev–Trinajstić information content (AvgIpc) is 3.05. The molecule has 0 unspecified atom stereocenters. The number of aromatic hydroxyl groups is 1. The quantitative estimate of drug-likeness (QED) is 0.412. The number of fused-ring (bicyclic) bond motifs is 2. The van der Waals surface area contributed by atoms with Crippen molar-refractivity contribution < 1.29 is 23.0 Å². The highest BCUT2D eigenvalue weighted by Crippen LogP contribution is 2.39. The molecular formula is C21H12F3N3O2. The Bertz CT molecular complexity index is 1390. The van der Waals surface area contributed by atoms with E-state index >= 15 is 0 Å². The topological polar surface area (TPSA) is 71.0 Å². The number of para-hydroxylation sites is 1. The summed E-state index contributed by atoms with van der Waals surface area (Å²) in [6, 6.07) is 13.2. The van der Waals surface area contributed by atoms with Crippen molar-refractivity contribution in [2.45, 2.75) is 6.36 Å². The molecule has 0 atom stereocenters. The zero-order chi connectivity index (χ0) is 20.2. The van der Waals surface area contributed by atoms with Gasteiger partial charge in [-0.25, -0.2) is 9.97 Å². The van der Waals surface area contributed by atoms with Gasteiger partial charge in [-0.3, -0.25) is 0 Å². The molecule has 0 fully saturated rings. The van der Waals surface area contributed by atoms with Gasteiger partial charge in [0.2, 0.25) is 0 Å². The Hall–Kier alpha value is -3.81.